The molecule has 28 heavy (non-hydrogen) atoms. The van der Waals surface area contributed by atoms with Crippen LogP contribution >= 0.6 is 0 Å². The third-order valence-corrected chi connectivity index (χ3v) is 5.95. The number of nitrogens with zero attached hydrogens (tertiary/aromatic N) is 1. The molecule has 1 heteroatoms. The van der Waals surface area contributed by atoms with E-state index in [1.54, 1.807) is 0 Å². The number of benzene rings is 2. The molecule has 1 nitrogen and oxygen atoms in total. The maximum Gasteiger partial charge on any atom is 0.220 e. The molecule has 1 aromatic heterocycles. The second kappa shape index (κ2) is 7.35. The van der Waals surface area contributed by atoms with Crippen LogP contribution in [0.2, 0.25) is 0 Å². The highest BCUT2D eigenvalue weighted by atomic mass is 14.9. The summed E-state index contributed by atoms with van der Waals surface area (Å²) in [6.45, 7) is 18.2. The normalized spacial score (nSPS) is 12.2. The van der Waals surface area contributed by atoms with Crippen molar-refractivity contribution < 1.29 is 4.57 Å². The quantitative estimate of drug-likeness (QED) is 0.436. The van der Waals surface area contributed by atoms with Gasteiger partial charge in [0.1, 0.15) is 7.05 Å². The van der Waals surface area contributed by atoms with Crippen LogP contribution in [-0.4, -0.2) is 0 Å². The van der Waals surface area contributed by atoms with Crippen molar-refractivity contribution in [1.82, 2.24) is 0 Å². The van der Waals surface area contributed by atoms with E-state index in [0.29, 0.717) is 11.3 Å². The van der Waals surface area contributed by atoms with Gasteiger partial charge in [-0.2, -0.15) is 4.57 Å². The Morgan fingerprint density at radius 1 is 0.929 bits per heavy atom. The predicted octanol–water partition coefficient (Wildman–Crippen LogP) is 6.97. The van der Waals surface area contributed by atoms with Gasteiger partial charge in [0, 0.05) is 13.0 Å². The lowest BCUT2D eigenvalue weighted by Gasteiger charge is -2.19. The van der Waals surface area contributed by atoms with Crippen LogP contribution in [0, 0.1) is 26.2 Å². The Morgan fingerprint density at radius 3 is 2.21 bits per heavy atom. The average molecular weight is 375 g/mol. The van der Waals surface area contributed by atoms with Crippen LogP contribution in [0.1, 0.15) is 68.5 Å². The van der Waals surface area contributed by atoms with Gasteiger partial charge >= 0.3 is 0 Å². The van der Waals surface area contributed by atoms with Gasteiger partial charge in [0.2, 0.25) is 5.69 Å². The molecule has 0 saturated carbocycles. The van der Waals surface area contributed by atoms with E-state index in [1.807, 2.05) is 0 Å². The Labute approximate surface area is 171 Å². The topological polar surface area (TPSA) is 3.88 Å². The number of aryl methyl sites for hydroxylation is 2. The van der Waals surface area contributed by atoms with E-state index in [4.69, 9.17) is 0 Å². The first-order valence-electron chi connectivity index (χ1n) is 10.5. The fourth-order valence-electron chi connectivity index (χ4n) is 4.14. The monoisotopic (exact) mass is 374 g/mol. The van der Waals surface area contributed by atoms with E-state index in [9.17, 15) is 0 Å². The van der Waals surface area contributed by atoms with Gasteiger partial charge in [-0.1, -0.05) is 52.8 Å². The maximum absolute atomic E-state index is 2.41. The molecule has 2 aromatic carbocycles. The minimum atomic E-state index is 0.296. The largest absolute Gasteiger partial charge is 0.220 e. The van der Waals surface area contributed by atoms with Crippen LogP contribution in [0.15, 0.2) is 36.4 Å². The maximum atomic E-state index is 2.41. The van der Waals surface area contributed by atoms with Gasteiger partial charge in [0.25, 0.3) is 0 Å². The summed E-state index contributed by atoms with van der Waals surface area (Å²) in [5.41, 5.74) is 9.88. The fraction of sp³-hybridized carbons (Fsp3) is 0.444. The Balaban J connectivity index is 2.31. The number of hydrogen-bond acceptors (Lipinski definition) is 0. The van der Waals surface area contributed by atoms with E-state index in [1.165, 1.54) is 50.0 Å². The third kappa shape index (κ3) is 3.99. The molecule has 3 aromatic rings. The zero-order valence-corrected chi connectivity index (χ0v) is 19.2. The van der Waals surface area contributed by atoms with Gasteiger partial charge in [-0.05, 0) is 71.4 Å². The van der Waals surface area contributed by atoms with Gasteiger partial charge in [0.15, 0.2) is 5.69 Å². The summed E-state index contributed by atoms with van der Waals surface area (Å²) in [6, 6.07) is 14.1. The van der Waals surface area contributed by atoms with Crippen LogP contribution in [0.3, 0.4) is 0 Å². The standard InChI is InChI=1S/C27H36N/c1-17(2)22-12-18(3)20(5)25(15-22)26-24-11-10-21(16-27(6,7)8)14-23(24)13-19(4)28(26)9/h10-15,17H,16H2,1-9H3/q+1. The van der Waals surface area contributed by atoms with Crippen molar-refractivity contribution in [3.8, 4) is 11.3 Å². The predicted molar refractivity (Wildman–Crippen MR) is 122 cm³/mol. The molecule has 3 rings (SSSR count). The Kier molecular flexibility index (Phi) is 5.40. The van der Waals surface area contributed by atoms with Crippen LogP contribution in [0.4, 0.5) is 0 Å². The first-order valence-corrected chi connectivity index (χ1v) is 10.5. The number of rotatable bonds is 3. The number of pyridine rings is 1. The number of fused-ring (bicyclic) bond motifs is 1. The van der Waals surface area contributed by atoms with Gasteiger partial charge in [-0.3, -0.25) is 0 Å². The molecule has 148 valence electrons. The minimum Gasteiger partial charge on any atom is -0.198 e. The molecular formula is C27H36N+. The molecular weight excluding hydrogens is 338 g/mol. The molecule has 0 saturated heterocycles. The molecule has 0 amide bonds. The third-order valence-electron chi connectivity index (χ3n) is 5.95. The first kappa shape index (κ1) is 20.6. The Hall–Kier alpha value is -2.15. The summed E-state index contributed by atoms with van der Waals surface area (Å²) in [6.07, 6.45) is 1.10. The minimum absolute atomic E-state index is 0.296. The van der Waals surface area contributed by atoms with Crippen molar-refractivity contribution in [3.63, 3.8) is 0 Å². The number of aromatic nitrogens is 1. The van der Waals surface area contributed by atoms with Crippen LogP contribution < -0.4 is 4.57 Å². The van der Waals surface area contributed by atoms with Gasteiger partial charge in [-0.25, -0.2) is 0 Å². The lowest BCUT2D eigenvalue weighted by Crippen LogP contribution is -2.35. The highest BCUT2D eigenvalue weighted by molar-refractivity contribution is 5.94. The lowest BCUT2D eigenvalue weighted by atomic mass is 9.86. The van der Waals surface area contributed by atoms with Crippen molar-refractivity contribution in [2.45, 2.75) is 67.7 Å². The van der Waals surface area contributed by atoms with Crippen molar-refractivity contribution in [1.29, 1.82) is 0 Å². The summed E-state index contributed by atoms with van der Waals surface area (Å²) in [5.74, 6) is 0.526. The molecule has 0 atom stereocenters. The van der Waals surface area contributed by atoms with Crippen LogP contribution in [-0.2, 0) is 13.5 Å². The molecule has 0 aliphatic heterocycles. The lowest BCUT2D eigenvalue weighted by molar-refractivity contribution is -0.665. The van der Waals surface area contributed by atoms with Crippen molar-refractivity contribution in [2.24, 2.45) is 12.5 Å². The molecule has 0 unspecified atom stereocenters. The van der Waals surface area contributed by atoms with Crippen molar-refractivity contribution in [3.05, 3.63) is 64.3 Å². The van der Waals surface area contributed by atoms with Gasteiger partial charge in [0.05, 0.1) is 10.9 Å². The molecule has 0 radical (unpaired) electrons. The molecule has 0 spiro atoms. The summed E-state index contributed by atoms with van der Waals surface area (Å²) in [4.78, 5) is 0. The van der Waals surface area contributed by atoms with E-state index < -0.39 is 0 Å². The second-order valence-corrected chi connectivity index (χ2v) is 10.0. The fourth-order valence-corrected chi connectivity index (χ4v) is 4.14. The first-order chi connectivity index (χ1) is 13.0. The smallest absolute Gasteiger partial charge is 0.198 e. The SMILES string of the molecule is Cc1cc(C(C)C)cc(-c2c3ccc(CC(C)(C)C)cc3cc(C)[n+]2C)c1C. The van der Waals surface area contributed by atoms with Crippen LogP contribution in [0.25, 0.3) is 22.0 Å². The molecule has 0 aliphatic carbocycles. The van der Waals surface area contributed by atoms with E-state index in [0.717, 1.165) is 6.42 Å². The van der Waals surface area contributed by atoms with E-state index in [-0.39, 0.29) is 0 Å². The highest BCUT2D eigenvalue weighted by Crippen LogP contribution is 2.34. The zero-order chi connectivity index (χ0) is 20.8. The van der Waals surface area contributed by atoms with Crippen LogP contribution in [0.5, 0.6) is 0 Å². The summed E-state index contributed by atoms with van der Waals surface area (Å²) in [5, 5.41) is 2.69. The summed E-state index contributed by atoms with van der Waals surface area (Å²) >= 11 is 0. The van der Waals surface area contributed by atoms with E-state index in [2.05, 4.69) is 103 Å². The average Bonchev–Trinajstić information content (AvgIpc) is 2.57. The van der Waals surface area contributed by atoms with E-state index >= 15 is 0 Å². The van der Waals surface area contributed by atoms with Crippen molar-refractivity contribution >= 4 is 10.8 Å². The molecule has 0 aliphatic rings. The van der Waals surface area contributed by atoms with Gasteiger partial charge < -0.3 is 0 Å². The molecule has 0 N–H and O–H groups in total. The summed E-state index contributed by atoms with van der Waals surface area (Å²) in [7, 11) is 2.20. The summed E-state index contributed by atoms with van der Waals surface area (Å²) < 4.78 is 2.36. The van der Waals surface area contributed by atoms with Crippen molar-refractivity contribution in [2.75, 3.05) is 0 Å². The molecule has 0 fully saturated rings. The van der Waals surface area contributed by atoms with Gasteiger partial charge in [-0.15, -0.1) is 0 Å². The number of hydrogen-bond donors (Lipinski definition) is 0. The Morgan fingerprint density at radius 2 is 1.61 bits per heavy atom. The Bertz CT molecular complexity index is 1030. The molecule has 0 bridgehead atoms. The highest BCUT2D eigenvalue weighted by Gasteiger charge is 2.22. The molecule has 1 heterocycles. The zero-order valence-electron chi connectivity index (χ0n) is 19.2. The second-order valence-electron chi connectivity index (χ2n) is 10.0.